The maximum atomic E-state index is 3.69. The third-order valence-corrected chi connectivity index (χ3v) is 4.90. The highest BCUT2D eigenvalue weighted by Crippen LogP contribution is 2.37. The smallest absolute Gasteiger partial charge is 0.0555 e. The van der Waals surface area contributed by atoms with Gasteiger partial charge in [0.05, 0.1) is 6.04 Å². The van der Waals surface area contributed by atoms with Crippen LogP contribution in [-0.4, -0.2) is 0 Å². The second kappa shape index (κ2) is 5.40. The summed E-state index contributed by atoms with van der Waals surface area (Å²) in [6.45, 7) is 13.6. The number of hydrogen-bond acceptors (Lipinski definition) is 1. The van der Waals surface area contributed by atoms with Crippen LogP contribution in [0.5, 0.6) is 0 Å². The normalized spacial score (nSPS) is 17.7. The molecule has 0 saturated heterocycles. The van der Waals surface area contributed by atoms with Crippen LogP contribution >= 0.6 is 0 Å². The molecule has 1 heterocycles. The fourth-order valence-electron chi connectivity index (χ4n) is 3.25. The van der Waals surface area contributed by atoms with E-state index in [1.54, 1.807) is 0 Å². The summed E-state index contributed by atoms with van der Waals surface area (Å²) in [5.41, 5.74) is 7.36. The zero-order chi connectivity index (χ0) is 16.8. The first-order chi connectivity index (χ1) is 10.6. The Morgan fingerprint density at radius 2 is 1.35 bits per heavy atom. The van der Waals surface area contributed by atoms with Gasteiger partial charge in [-0.05, 0) is 45.6 Å². The highest BCUT2D eigenvalue weighted by Gasteiger charge is 2.24. The van der Waals surface area contributed by atoms with Gasteiger partial charge in [0.15, 0.2) is 0 Å². The molecule has 2 aromatic rings. The van der Waals surface area contributed by atoms with E-state index in [-0.39, 0.29) is 10.8 Å². The summed E-state index contributed by atoms with van der Waals surface area (Å²) in [6, 6.07) is 16.4. The molecule has 0 aliphatic carbocycles. The minimum Gasteiger partial charge on any atom is -0.378 e. The number of benzene rings is 2. The summed E-state index contributed by atoms with van der Waals surface area (Å²) >= 11 is 0. The molecule has 1 nitrogen and oxygen atoms in total. The standard InChI is InChI=1S/C22H29N/c1-21(2,3)17-9-7-15(8-10-17)20-14-16-13-18(22(4,5)6)11-12-19(16)23-20/h7-13,20,23H,14H2,1-6H3. The van der Waals surface area contributed by atoms with Crippen LogP contribution in [0, 0.1) is 0 Å². The summed E-state index contributed by atoms with van der Waals surface area (Å²) < 4.78 is 0. The molecule has 2 aromatic carbocycles. The minimum absolute atomic E-state index is 0.210. The Bertz CT molecular complexity index is 696. The zero-order valence-electron chi connectivity index (χ0n) is 15.3. The Kier molecular flexibility index (Phi) is 3.78. The van der Waals surface area contributed by atoms with Crippen LogP contribution in [0.3, 0.4) is 0 Å². The molecule has 1 heteroatoms. The van der Waals surface area contributed by atoms with E-state index in [1.807, 2.05) is 0 Å². The lowest BCUT2D eigenvalue weighted by Gasteiger charge is -2.20. The molecule has 0 bridgehead atoms. The monoisotopic (exact) mass is 307 g/mol. The lowest BCUT2D eigenvalue weighted by atomic mass is 9.85. The van der Waals surface area contributed by atoms with Gasteiger partial charge < -0.3 is 5.32 Å². The topological polar surface area (TPSA) is 12.0 Å². The molecule has 1 aliphatic rings. The summed E-state index contributed by atoms with van der Waals surface area (Å²) in [7, 11) is 0. The van der Waals surface area contributed by atoms with Crippen molar-refractivity contribution in [3.8, 4) is 0 Å². The molecule has 1 unspecified atom stereocenters. The number of hydrogen-bond donors (Lipinski definition) is 1. The molecule has 0 saturated carbocycles. The van der Waals surface area contributed by atoms with Crippen LogP contribution in [-0.2, 0) is 17.3 Å². The van der Waals surface area contributed by atoms with Crippen molar-refractivity contribution in [2.24, 2.45) is 0 Å². The molecule has 0 amide bonds. The molecule has 3 rings (SSSR count). The first kappa shape index (κ1) is 16.1. The van der Waals surface area contributed by atoms with Crippen LogP contribution < -0.4 is 5.32 Å². The summed E-state index contributed by atoms with van der Waals surface area (Å²) in [6.07, 6.45) is 1.08. The summed E-state index contributed by atoms with van der Waals surface area (Å²) in [5.74, 6) is 0. The molecule has 0 radical (unpaired) electrons. The zero-order valence-corrected chi connectivity index (χ0v) is 15.3. The Hall–Kier alpha value is -1.76. The van der Waals surface area contributed by atoms with Gasteiger partial charge in [-0.2, -0.15) is 0 Å². The highest BCUT2D eigenvalue weighted by molar-refractivity contribution is 5.60. The maximum absolute atomic E-state index is 3.69. The van der Waals surface area contributed by atoms with E-state index in [0.717, 1.165) is 6.42 Å². The molecular weight excluding hydrogens is 278 g/mol. The second-order valence-electron chi connectivity index (χ2n) is 8.89. The molecule has 0 aromatic heterocycles. The van der Waals surface area contributed by atoms with Crippen molar-refractivity contribution < 1.29 is 0 Å². The van der Waals surface area contributed by atoms with Gasteiger partial charge in [0.1, 0.15) is 0 Å². The fraction of sp³-hybridized carbons (Fsp3) is 0.455. The van der Waals surface area contributed by atoms with Crippen LogP contribution in [0.1, 0.15) is 69.8 Å². The van der Waals surface area contributed by atoms with Gasteiger partial charge in [0, 0.05) is 5.69 Å². The Labute approximate surface area is 141 Å². The molecule has 1 aliphatic heterocycles. The molecule has 0 spiro atoms. The van der Waals surface area contributed by atoms with Crippen molar-refractivity contribution in [3.05, 3.63) is 64.7 Å². The third-order valence-electron chi connectivity index (χ3n) is 4.90. The first-order valence-electron chi connectivity index (χ1n) is 8.65. The fourth-order valence-corrected chi connectivity index (χ4v) is 3.25. The number of anilines is 1. The lowest BCUT2D eigenvalue weighted by molar-refractivity contribution is 0.589. The highest BCUT2D eigenvalue weighted by atomic mass is 14.9. The summed E-state index contributed by atoms with van der Waals surface area (Å²) in [4.78, 5) is 0. The molecular formula is C22H29N. The van der Waals surface area contributed by atoms with E-state index in [4.69, 9.17) is 0 Å². The van der Waals surface area contributed by atoms with Gasteiger partial charge in [-0.1, -0.05) is 77.9 Å². The van der Waals surface area contributed by atoms with Crippen LogP contribution in [0.2, 0.25) is 0 Å². The second-order valence-corrected chi connectivity index (χ2v) is 8.89. The van der Waals surface area contributed by atoms with E-state index in [9.17, 15) is 0 Å². The quantitative estimate of drug-likeness (QED) is 0.682. The maximum Gasteiger partial charge on any atom is 0.0555 e. The average Bonchev–Trinajstić information content (AvgIpc) is 2.88. The number of rotatable bonds is 1. The van der Waals surface area contributed by atoms with E-state index in [1.165, 1.54) is 27.9 Å². The van der Waals surface area contributed by atoms with Gasteiger partial charge in [0.2, 0.25) is 0 Å². The number of nitrogens with one attached hydrogen (secondary N) is 1. The lowest BCUT2D eigenvalue weighted by Crippen LogP contribution is -2.12. The van der Waals surface area contributed by atoms with Crippen molar-refractivity contribution in [1.82, 2.24) is 0 Å². The van der Waals surface area contributed by atoms with E-state index >= 15 is 0 Å². The van der Waals surface area contributed by atoms with E-state index in [2.05, 4.69) is 89.3 Å². The van der Waals surface area contributed by atoms with Gasteiger partial charge in [-0.15, -0.1) is 0 Å². The number of fused-ring (bicyclic) bond motifs is 1. The van der Waals surface area contributed by atoms with E-state index < -0.39 is 0 Å². The van der Waals surface area contributed by atoms with Gasteiger partial charge in [-0.25, -0.2) is 0 Å². The molecule has 122 valence electrons. The molecule has 1 atom stereocenters. The SMILES string of the molecule is CC(C)(C)c1ccc(C2Cc3cc(C(C)(C)C)ccc3N2)cc1. The summed E-state index contributed by atoms with van der Waals surface area (Å²) in [5, 5.41) is 3.69. The van der Waals surface area contributed by atoms with Crippen LogP contribution in [0.4, 0.5) is 5.69 Å². The van der Waals surface area contributed by atoms with Gasteiger partial charge >= 0.3 is 0 Å². The van der Waals surface area contributed by atoms with Crippen molar-refractivity contribution in [1.29, 1.82) is 0 Å². The predicted octanol–water partition coefficient (Wildman–Crippen LogP) is 5.99. The molecule has 1 N–H and O–H groups in total. The first-order valence-corrected chi connectivity index (χ1v) is 8.65. The third kappa shape index (κ3) is 3.29. The van der Waals surface area contributed by atoms with Crippen molar-refractivity contribution in [2.45, 2.75) is 64.8 Å². The largest absolute Gasteiger partial charge is 0.378 e. The van der Waals surface area contributed by atoms with E-state index in [0.29, 0.717) is 6.04 Å². The van der Waals surface area contributed by atoms with Gasteiger partial charge in [0.25, 0.3) is 0 Å². The Morgan fingerprint density at radius 1 is 0.783 bits per heavy atom. The average molecular weight is 307 g/mol. The minimum atomic E-state index is 0.210. The molecule has 0 fully saturated rings. The Morgan fingerprint density at radius 3 is 1.91 bits per heavy atom. The van der Waals surface area contributed by atoms with Crippen molar-refractivity contribution in [3.63, 3.8) is 0 Å². The van der Waals surface area contributed by atoms with Crippen LogP contribution in [0.15, 0.2) is 42.5 Å². The van der Waals surface area contributed by atoms with Crippen molar-refractivity contribution in [2.75, 3.05) is 5.32 Å². The molecule has 23 heavy (non-hydrogen) atoms. The predicted molar refractivity (Wildman–Crippen MR) is 100 cm³/mol. The van der Waals surface area contributed by atoms with Crippen molar-refractivity contribution >= 4 is 5.69 Å². The van der Waals surface area contributed by atoms with Crippen LogP contribution in [0.25, 0.3) is 0 Å². The van der Waals surface area contributed by atoms with Gasteiger partial charge in [-0.3, -0.25) is 0 Å². The Balaban J connectivity index is 1.82.